The summed E-state index contributed by atoms with van der Waals surface area (Å²) >= 11 is 0. The SMILES string of the molecule is CCCNC(=O)c1ccc2c(c1)nc(NC(=O)c1cc(C)nn1CC)n2C/C=C/Cn1c(NC(=O)c2cc(C)nn2CC)nc2cc(C(N)=O)ccc21. The molecule has 6 rings (SSSR count). The minimum Gasteiger partial charge on any atom is -0.366 e. The van der Waals surface area contributed by atoms with Crippen LogP contribution in [0.25, 0.3) is 22.1 Å². The van der Waals surface area contributed by atoms with Gasteiger partial charge < -0.3 is 20.2 Å². The van der Waals surface area contributed by atoms with Crippen LogP contribution in [-0.2, 0) is 26.2 Å². The number of hydrogen-bond acceptors (Lipinski definition) is 8. The molecule has 0 unspecified atom stereocenters. The lowest BCUT2D eigenvalue weighted by Crippen LogP contribution is -2.23. The molecule has 274 valence electrons. The largest absolute Gasteiger partial charge is 0.366 e. The number of aryl methyl sites for hydroxylation is 4. The third-order valence-corrected chi connectivity index (χ3v) is 8.64. The van der Waals surface area contributed by atoms with Gasteiger partial charge in [-0.1, -0.05) is 19.1 Å². The second-order valence-electron chi connectivity index (χ2n) is 12.5. The van der Waals surface area contributed by atoms with E-state index < -0.39 is 5.91 Å². The van der Waals surface area contributed by atoms with E-state index in [1.54, 1.807) is 51.8 Å². The first-order chi connectivity index (χ1) is 25.5. The molecule has 0 aliphatic carbocycles. The van der Waals surface area contributed by atoms with Gasteiger partial charge in [0, 0.05) is 43.9 Å². The lowest BCUT2D eigenvalue weighted by atomic mass is 10.2. The smallest absolute Gasteiger partial charge is 0.276 e. The third-order valence-electron chi connectivity index (χ3n) is 8.64. The number of carbonyl (C=O) groups excluding carboxylic acids is 4. The predicted molar refractivity (Wildman–Crippen MR) is 201 cm³/mol. The van der Waals surface area contributed by atoms with Crippen LogP contribution in [0.15, 0.2) is 60.7 Å². The molecule has 2 aromatic carbocycles. The van der Waals surface area contributed by atoms with Gasteiger partial charge in [0.15, 0.2) is 0 Å². The topological polar surface area (TPSA) is 202 Å². The van der Waals surface area contributed by atoms with E-state index in [-0.39, 0.29) is 23.7 Å². The van der Waals surface area contributed by atoms with Crippen LogP contribution in [0.4, 0.5) is 11.9 Å². The Morgan fingerprint density at radius 1 is 0.679 bits per heavy atom. The Balaban J connectivity index is 1.32. The summed E-state index contributed by atoms with van der Waals surface area (Å²) in [6, 6.07) is 13.6. The fourth-order valence-corrected chi connectivity index (χ4v) is 6.08. The molecule has 16 heteroatoms. The summed E-state index contributed by atoms with van der Waals surface area (Å²) in [7, 11) is 0. The molecule has 0 atom stereocenters. The van der Waals surface area contributed by atoms with Gasteiger partial charge in [-0.3, -0.25) is 39.2 Å². The normalized spacial score (nSPS) is 11.5. The van der Waals surface area contributed by atoms with Crippen LogP contribution >= 0.6 is 0 Å². The summed E-state index contributed by atoms with van der Waals surface area (Å²) in [5.74, 6) is -0.970. The highest BCUT2D eigenvalue weighted by atomic mass is 16.2. The average molecular weight is 719 g/mol. The predicted octanol–water partition coefficient (Wildman–Crippen LogP) is 4.44. The molecule has 0 saturated heterocycles. The van der Waals surface area contributed by atoms with Crippen LogP contribution in [0.2, 0.25) is 0 Å². The standard InChI is InChI=1S/C37H42N12O4/c1-6-15-39-33(51)25-12-14-29-27(21-25)41-37(43-35(53)31-19-23(5)45-49(31)8-3)47(29)17-10-9-16-46-28-13-11-24(32(38)50)20-26(28)40-36(46)42-34(52)30-18-22(4)44-48(30)7-2/h9-14,18-21H,6-8,15-17H2,1-5H3,(H2,38,50)(H,39,51)(H,40,42,52)(H,41,43,53)/b10-9+. The van der Waals surface area contributed by atoms with Gasteiger partial charge in [0.25, 0.3) is 17.7 Å². The molecule has 4 amide bonds. The van der Waals surface area contributed by atoms with E-state index in [2.05, 4.69) is 31.1 Å². The molecule has 0 saturated carbocycles. The summed E-state index contributed by atoms with van der Waals surface area (Å²) in [5, 5.41) is 17.5. The van der Waals surface area contributed by atoms with Crippen molar-refractivity contribution in [3.63, 3.8) is 0 Å². The Morgan fingerprint density at radius 2 is 1.15 bits per heavy atom. The van der Waals surface area contributed by atoms with E-state index in [0.717, 1.165) is 12.1 Å². The maximum atomic E-state index is 13.5. The first-order valence-electron chi connectivity index (χ1n) is 17.5. The number of nitrogens with one attached hydrogen (secondary N) is 3. The molecular formula is C37H42N12O4. The molecule has 5 N–H and O–H groups in total. The van der Waals surface area contributed by atoms with E-state index in [4.69, 9.17) is 10.7 Å². The quantitative estimate of drug-likeness (QED) is 0.118. The van der Waals surface area contributed by atoms with E-state index >= 15 is 0 Å². The lowest BCUT2D eigenvalue weighted by Gasteiger charge is -2.10. The number of amides is 4. The number of aromatic nitrogens is 8. The van der Waals surface area contributed by atoms with Crippen molar-refractivity contribution in [3.8, 4) is 0 Å². The Morgan fingerprint density at radius 3 is 1.60 bits per heavy atom. The Hall–Kier alpha value is -6.58. The van der Waals surface area contributed by atoms with Crippen molar-refractivity contribution in [2.24, 2.45) is 5.73 Å². The molecule has 4 heterocycles. The molecule has 0 aliphatic rings. The number of imidazole rings is 2. The first kappa shape index (κ1) is 36.2. The van der Waals surface area contributed by atoms with Crippen molar-refractivity contribution in [2.45, 2.75) is 67.2 Å². The minimum atomic E-state index is -0.590. The molecule has 0 aliphatic heterocycles. The van der Waals surface area contributed by atoms with Gasteiger partial charge in [-0.05, 0) is 82.6 Å². The van der Waals surface area contributed by atoms with Gasteiger partial charge in [-0.25, -0.2) is 9.97 Å². The van der Waals surface area contributed by atoms with Gasteiger partial charge in [0.2, 0.25) is 17.8 Å². The maximum Gasteiger partial charge on any atom is 0.276 e. The van der Waals surface area contributed by atoms with Crippen LogP contribution in [0.5, 0.6) is 0 Å². The number of nitrogens with two attached hydrogens (primary N) is 1. The third kappa shape index (κ3) is 7.56. The van der Waals surface area contributed by atoms with Crippen LogP contribution < -0.4 is 21.7 Å². The highest BCUT2D eigenvalue weighted by molar-refractivity contribution is 6.04. The zero-order chi connectivity index (χ0) is 37.8. The van der Waals surface area contributed by atoms with E-state index in [0.29, 0.717) is 88.9 Å². The van der Waals surface area contributed by atoms with Crippen molar-refractivity contribution in [2.75, 3.05) is 17.2 Å². The van der Waals surface area contributed by atoms with Gasteiger partial charge in [0.05, 0.1) is 33.5 Å². The number of anilines is 2. The first-order valence-corrected chi connectivity index (χ1v) is 17.5. The highest BCUT2D eigenvalue weighted by Crippen LogP contribution is 2.24. The molecule has 16 nitrogen and oxygen atoms in total. The number of hydrogen-bond donors (Lipinski definition) is 4. The lowest BCUT2D eigenvalue weighted by molar-refractivity contribution is 0.0951. The zero-order valence-electron chi connectivity index (χ0n) is 30.3. The molecule has 0 bridgehead atoms. The van der Waals surface area contributed by atoms with Gasteiger partial charge >= 0.3 is 0 Å². The number of allylic oxidation sites excluding steroid dienone is 2. The van der Waals surface area contributed by atoms with Crippen LogP contribution in [0.3, 0.4) is 0 Å². The molecular weight excluding hydrogens is 676 g/mol. The monoisotopic (exact) mass is 718 g/mol. The van der Waals surface area contributed by atoms with Crippen LogP contribution in [0, 0.1) is 13.8 Å². The Kier molecular flexibility index (Phi) is 10.5. The summed E-state index contributed by atoms with van der Waals surface area (Å²) in [4.78, 5) is 61.0. The number of carbonyl (C=O) groups is 4. The zero-order valence-corrected chi connectivity index (χ0v) is 30.3. The van der Waals surface area contributed by atoms with Gasteiger partial charge in [0.1, 0.15) is 11.4 Å². The molecule has 0 spiro atoms. The van der Waals surface area contributed by atoms with E-state index in [1.807, 2.05) is 62.0 Å². The fraction of sp³-hybridized carbons (Fsp3) is 0.297. The number of primary amides is 1. The number of benzene rings is 2. The summed E-state index contributed by atoms with van der Waals surface area (Å²) in [6.45, 7) is 11.6. The Labute approximate surface area is 305 Å². The van der Waals surface area contributed by atoms with Crippen LogP contribution in [-0.4, -0.2) is 68.8 Å². The van der Waals surface area contributed by atoms with Gasteiger partial charge in [-0.2, -0.15) is 10.2 Å². The van der Waals surface area contributed by atoms with Crippen molar-refractivity contribution >= 4 is 57.6 Å². The summed E-state index contributed by atoms with van der Waals surface area (Å²) in [5.41, 5.74) is 10.9. The average Bonchev–Trinajstić information content (AvgIpc) is 3.90. The molecule has 53 heavy (non-hydrogen) atoms. The van der Waals surface area contributed by atoms with E-state index in [1.165, 1.54) is 0 Å². The molecule has 4 aromatic heterocycles. The second kappa shape index (κ2) is 15.3. The van der Waals surface area contributed by atoms with Crippen LogP contribution in [0.1, 0.15) is 80.3 Å². The van der Waals surface area contributed by atoms with Crippen molar-refractivity contribution in [3.05, 3.63) is 94.6 Å². The minimum absolute atomic E-state index is 0.205. The highest BCUT2D eigenvalue weighted by Gasteiger charge is 2.21. The van der Waals surface area contributed by atoms with Gasteiger partial charge in [-0.15, -0.1) is 0 Å². The number of fused-ring (bicyclic) bond motifs is 2. The van der Waals surface area contributed by atoms with Crippen molar-refractivity contribution in [1.82, 2.24) is 44.0 Å². The fourth-order valence-electron chi connectivity index (χ4n) is 6.08. The van der Waals surface area contributed by atoms with E-state index in [9.17, 15) is 19.2 Å². The molecule has 0 radical (unpaired) electrons. The summed E-state index contributed by atoms with van der Waals surface area (Å²) < 4.78 is 6.91. The Bertz CT molecular complexity index is 2390. The molecule has 6 aromatic rings. The maximum absolute atomic E-state index is 13.5. The summed E-state index contributed by atoms with van der Waals surface area (Å²) in [6.07, 6.45) is 4.61. The number of nitrogens with zero attached hydrogens (tertiary/aromatic N) is 8. The second-order valence-corrected chi connectivity index (χ2v) is 12.5. The van der Waals surface area contributed by atoms with Crippen molar-refractivity contribution < 1.29 is 19.2 Å². The van der Waals surface area contributed by atoms with Crippen molar-refractivity contribution in [1.29, 1.82) is 0 Å². The molecule has 0 fully saturated rings. The number of rotatable bonds is 14.